The van der Waals surface area contributed by atoms with Crippen molar-refractivity contribution in [3.63, 3.8) is 0 Å². The highest BCUT2D eigenvalue weighted by molar-refractivity contribution is 9.10. The van der Waals surface area contributed by atoms with Crippen LogP contribution in [0, 0.1) is 0 Å². The summed E-state index contributed by atoms with van der Waals surface area (Å²) in [6, 6.07) is 16.4. The summed E-state index contributed by atoms with van der Waals surface area (Å²) >= 11 is 3.33. The molecule has 2 rings (SSSR count). The van der Waals surface area contributed by atoms with Crippen molar-refractivity contribution in [3.05, 3.63) is 64.6 Å². The number of sulfonamides is 1. The summed E-state index contributed by atoms with van der Waals surface area (Å²) in [4.78, 5) is 0.329. The Morgan fingerprint density at radius 3 is 2.19 bits per heavy atom. The fourth-order valence-electron chi connectivity index (χ4n) is 2.08. The second kappa shape index (κ2) is 7.20. The Kier molecular flexibility index (Phi) is 5.56. The summed E-state index contributed by atoms with van der Waals surface area (Å²) in [5, 5.41) is 0. The van der Waals surface area contributed by atoms with Crippen molar-refractivity contribution in [2.45, 2.75) is 24.8 Å². The normalized spacial score (nSPS) is 11.8. The molecule has 0 saturated carbocycles. The molecule has 0 aliphatic heterocycles. The van der Waals surface area contributed by atoms with E-state index >= 15 is 0 Å². The maximum atomic E-state index is 12.7. The van der Waals surface area contributed by atoms with Gasteiger partial charge in [-0.1, -0.05) is 53.2 Å². The fraction of sp³-hybridized carbons (Fsp3) is 0.250. The molecule has 0 amide bonds. The molecular weight excluding hydrogens is 350 g/mol. The molecule has 0 aromatic heterocycles. The highest BCUT2D eigenvalue weighted by atomic mass is 79.9. The number of halogens is 1. The van der Waals surface area contributed by atoms with E-state index in [1.807, 2.05) is 37.3 Å². The number of hydrogen-bond donors (Lipinski definition) is 0. The van der Waals surface area contributed by atoms with Gasteiger partial charge in [-0.2, -0.15) is 4.31 Å². The van der Waals surface area contributed by atoms with Crippen molar-refractivity contribution in [2.75, 3.05) is 6.54 Å². The predicted molar refractivity (Wildman–Crippen MR) is 88.5 cm³/mol. The highest BCUT2D eigenvalue weighted by Crippen LogP contribution is 2.21. The zero-order chi connectivity index (χ0) is 15.3. The molecule has 0 heterocycles. The molecule has 2 aromatic carbocycles. The van der Waals surface area contributed by atoms with Gasteiger partial charge in [0.05, 0.1) is 4.90 Å². The minimum Gasteiger partial charge on any atom is -0.207 e. The van der Waals surface area contributed by atoms with Crippen LogP contribution >= 0.6 is 15.9 Å². The second-order valence-corrected chi connectivity index (χ2v) is 7.63. The van der Waals surface area contributed by atoms with E-state index in [0.29, 0.717) is 18.0 Å². The first-order valence-corrected chi connectivity index (χ1v) is 9.07. The van der Waals surface area contributed by atoms with Crippen LogP contribution in [0.4, 0.5) is 0 Å². The molecular formula is C16H18BrNO2S. The Balaban J connectivity index is 2.30. The van der Waals surface area contributed by atoms with Gasteiger partial charge in [-0.05, 0) is 36.2 Å². The maximum Gasteiger partial charge on any atom is 0.243 e. The van der Waals surface area contributed by atoms with Gasteiger partial charge in [-0.3, -0.25) is 0 Å². The van der Waals surface area contributed by atoms with Gasteiger partial charge >= 0.3 is 0 Å². The van der Waals surface area contributed by atoms with Crippen molar-refractivity contribution < 1.29 is 8.42 Å². The van der Waals surface area contributed by atoms with Crippen molar-refractivity contribution >= 4 is 26.0 Å². The van der Waals surface area contributed by atoms with E-state index in [2.05, 4.69) is 15.9 Å². The number of hydrogen-bond acceptors (Lipinski definition) is 2. The smallest absolute Gasteiger partial charge is 0.207 e. The lowest BCUT2D eigenvalue weighted by molar-refractivity contribution is 0.405. The van der Waals surface area contributed by atoms with Gasteiger partial charge in [0.1, 0.15) is 0 Å². The van der Waals surface area contributed by atoms with E-state index < -0.39 is 10.0 Å². The third-order valence-corrected chi connectivity index (χ3v) is 5.51. The molecule has 2 aromatic rings. The van der Waals surface area contributed by atoms with E-state index in [-0.39, 0.29) is 0 Å². The molecule has 0 atom stereocenters. The third kappa shape index (κ3) is 4.15. The Bertz CT molecular complexity index is 669. The van der Waals surface area contributed by atoms with Crippen LogP contribution < -0.4 is 0 Å². The van der Waals surface area contributed by atoms with Crippen LogP contribution in [-0.2, 0) is 16.6 Å². The second-order valence-electron chi connectivity index (χ2n) is 4.78. The quantitative estimate of drug-likeness (QED) is 0.772. The first kappa shape index (κ1) is 16.2. The molecule has 0 N–H and O–H groups in total. The average molecular weight is 368 g/mol. The molecule has 0 bridgehead atoms. The lowest BCUT2D eigenvalue weighted by Crippen LogP contribution is -2.31. The summed E-state index contributed by atoms with van der Waals surface area (Å²) in [6.07, 6.45) is 0.780. The molecule has 21 heavy (non-hydrogen) atoms. The van der Waals surface area contributed by atoms with Crippen LogP contribution in [0.2, 0.25) is 0 Å². The lowest BCUT2D eigenvalue weighted by Gasteiger charge is -2.21. The minimum absolute atomic E-state index is 0.329. The standard InChI is InChI=1S/C16H18BrNO2S/c1-2-12-18(13-14-6-4-3-5-7-14)21(19,20)16-10-8-15(17)9-11-16/h3-11H,2,12-13H2,1H3. The van der Waals surface area contributed by atoms with Gasteiger partial charge in [0.15, 0.2) is 0 Å². The molecule has 112 valence electrons. The van der Waals surface area contributed by atoms with Gasteiger partial charge in [0, 0.05) is 17.6 Å². The summed E-state index contributed by atoms with van der Waals surface area (Å²) in [6.45, 7) is 2.88. The third-order valence-electron chi connectivity index (χ3n) is 3.13. The highest BCUT2D eigenvalue weighted by Gasteiger charge is 2.23. The Morgan fingerprint density at radius 1 is 1.00 bits per heavy atom. The van der Waals surface area contributed by atoms with E-state index in [9.17, 15) is 8.42 Å². The van der Waals surface area contributed by atoms with Gasteiger partial charge in [-0.25, -0.2) is 8.42 Å². The van der Waals surface area contributed by atoms with E-state index in [1.165, 1.54) is 4.31 Å². The minimum atomic E-state index is -3.47. The molecule has 0 radical (unpaired) electrons. The summed E-state index contributed by atoms with van der Waals surface area (Å²) in [7, 11) is -3.47. The number of benzene rings is 2. The molecule has 0 aliphatic carbocycles. The zero-order valence-electron chi connectivity index (χ0n) is 11.9. The van der Waals surface area contributed by atoms with Crippen molar-refractivity contribution in [2.24, 2.45) is 0 Å². The van der Waals surface area contributed by atoms with Gasteiger partial charge in [-0.15, -0.1) is 0 Å². The van der Waals surface area contributed by atoms with Gasteiger partial charge in [0.25, 0.3) is 0 Å². The van der Waals surface area contributed by atoms with Gasteiger partial charge in [0.2, 0.25) is 10.0 Å². The van der Waals surface area contributed by atoms with E-state index in [1.54, 1.807) is 24.3 Å². The molecule has 5 heteroatoms. The van der Waals surface area contributed by atoms with Crippen molar-refractivity contribution in [3.8, 4) is 0 Å². The Hall–Kier alpha value is -1.17. The summed E-state index contributed by atoms with van der Waals surface area (Å²) in [5.74, 6) is 0. The largest absolute Gasteiger partial charge is 0.243 e. The van der Waals surface area contributed by atoms with Crippen LogP contribution in [0.15, 0.2) is 64.0 Å². The molecule has 0 aliphatic rings. The Labute approximate surface area is 134 Å². The molecule has 0 saturated heterocycles. The first-order chi connectivity index (χ1) is 10.0. The average Bonchev–Trinajstić information content (AvgIpc) is 2.48. The summed E-state index contributed by atoms with van der Waals surface area (Å²) in [5.41, 5.74) is 0.992. The number of nitrogens with zero attached hydrogens (tertiary/aromatic N) is 1. The van der Waals surface area contributed by atoms with Crippen molar-refractivity contribution in [1.82, 2.24) is 4.31 Å². The van der Waals surface area contributed by atoms with E-state index in [4.69, 9.17) is 0 Å². The number of rotatable bonds is 6. The van der Waals surface area contributed by atoms with Crippen LogP contribution in [0.5, 0.6) is 0 Å². The van der Waals surface area contributed by atoms with Crippen LogP contribution in [0.1, 0.15) is 18.9 Å². The van der Waals surface area contributed by atoms with Gasteiger partial charge < -0.3 is 0 Å². The van der Waals surface area contributed by atoms with Crippen LogP contribution in [-0.4, -0.2) is 19.3 Å². The molecule has 3 nitrogen and oxygen atoms in total. The fourth-order valence-corrected chi connectivity index (χ4v) is 3.86. The Morgan fingerprint density at radius 2 is 1.62 bits per heavy atom. The monoisotopic (exact) mass is 367 g/mol. The predicted octanol–water partition coefficient (Wildman–Crippen LogP) is 4.05. The summed E-state index contributed by atoms with van der Waals surface area (Å²) < 4.78 is 27.9. The van der Waals surface area contributed by atoms with Crippen LogP contribution in [0.25, 0.3) is 0 Å². The lowest BCUT2D eigenvalue weighted by atomic mass is 10.2. The molecule has 0 spiro atoms. The van der Waals surface area contributed by atoms with Crippen LogP contribution in [0.3, 0.4) is 0 Å². The first-order valence-electron chi connectivity index (χ1n) is 6.83. The maximum absolute atomic E-state index is 12.7. The SMILES string of the molecule is CCCN(Cc1ccccc1)S(=O)(=O)c1ccc(Br)cc1. The zero-order valence-corrected chi connectivity index (χ0v) is 14.3. The topological polar surface area (TPSA) is 37.4 Å². The molecule has 0 fully saturated rings. The van der Waals surface area contributed by atoms with E-state index in [0.717, 1.165) is 16.5 Å². The van der Waals surface area contributed by atoms with Crippen molar-refractivity contribution in [1.29, 1.82) is 0 Å². The molecule has 0 unspecified atom stereocenters.